The van der Waals surface area contributed by atoms with Crippen molar-refractivity contribution in [2.24, 2.45) is 0 Å². The van der Waals surface area contributed by atoms with Gasteiger partial charge in [0.1, 0.15) is 5.01 Å². The highest BCUT2D eigenvalue weighted by Crippen LogP contribution is 2.37. The fraction of sp³-hybridized carbons (Fsp3) is 0.211. The van der Waals surface area contributed by atoms with Gasteiger partial charge in [0, 0.05) is 11.8 Å². The Morgan fingerprint density at radius 3 is 2.50 bits per heavy atom. The van der Waals surface area contributed by atoms with Crippen molar-refractivity contribution in [3.8, 4) is 21.6 Å². The normalized spacial score (nSPS) is 17.7. The van der Waals surface area contributed by atoms with Crippen LogP contribution in [-0.4, -0.2) is 11.5 Å². The summed E-state index contributed by atoms with van der Waals surface area (Å²) in [6, 6.07) is 19.6. The third-order valence-electron chi connectivity index (χ3n) is 4.16. The van der Waals surface area contributed by atoms with Crippen LogP contribution >= 0.6 is 11.3 Å². The highest BCUT2D eigenvalue weighted by atomic mass is 32.1. The highest BCUT2D eigenvalue weighted by molar-refractivity contribution is 7.15. The lowest BCUT2D eigenvalue weighted by Crippen LogP contribution is -2.12. The minimum atomic E-state index is 0.447. The average molecular weight is 306 g/mol. The van der Waals surface area contributed by atoms with Crippen molar-refractivity contribution in [2.75, 3.05) is 6.54 Å². The first-order valence-electron chi connectivity index (χ1n) is 7.76. The summed E-state index contributed by atoms with van der Waals surface area (Å²) < 4.78 is 0. The zero-order chi connectivity index (χ0) is 14.8. The van der Waals surface area contributed by atoms with Crippen molar-refractivity contribution >= 4 is 11.3 Å². The fourth-order valence-electron chi connectivity index (χ4n) is 3.04. The molecular weight excluding hydrogens is 288 g/mol. The molecule has 1 atom stereocenters. The topological polar surface area (TPSA) is 24.9 Å². The van der Waals surface area contributed by atoms with E-state index < -0.39 is 0 Å². The van der Waals surface area contributed by atoms with Gasteiger partial charge in [-0.05, 0) is 30.5 Å². The molecule has 0 radical (unpaired) electrons. The Bertz CT molecular complexity index is 758. The van der Waals surface area contributed by atoms with Gasteiger partial charge in [-0.1, -0.05) is 54.6 Å². The molecule has 0 spiro atoms. The SMILES string of the molecule is c1ccc(-c2ccccc2-c2cnc(C3CCCN3)s2)cc1. The van der Waals surface area contributed by atoms with E-state index >= 15 is 0 Å². The standard InChI is InChI=1S/C19H18N2S/c1-2-7-14(8-3-1)15-9-4-5-10-16(15)18-13-21-19(22-18)17-11-6-12-20-17/h1-5,7-10,13,17,20H,6,11-12H2. The van der Waals surface area contributed by atoms with Gasteiger partial charge in [-0.25, -0.2) is 4.98 Å². The molecule has 2 nitrogen and oxygen atoms in total. The van der Waals surface area contributed by atoms with Crippen molar-refractivity contribution < 1.29 is 0 Å². The average Bonchev–Trinajstić information content (AvgIpc) is 3.27. The van der Waals surface area contributed by atoms with Crippen molar-refractivity contribution in [3.63, 3.8) is 0 Å². The molecule has 3 aromatic rings. The first-order valence-corrected chi connectivity index (χ1v) is 8.57. The van der Waals surface area contributed by atoms with Crippen LogP contribution in [0.15, 0.2) is 60.8 Å². The summed E-state index contributed by atoms with van der Waals surface area (Å²) >= 11 is 1.82. The lowest BCUT2D eigenvalue weighted by atomic mass is 9.99. The van der Waals surface area contributed by atoms with E-state index in [0.717, 1.165) is 6.54 Å². The molecule has 1 aliphatic heterocycles. The van der Waals surface area contributed by atoms with Gasteiger partial charge in [0.2, 0.25) is 0 Å². The molecule has 0 saturated carbocycles. The summed E-state index contributed by atoms with van der Waals surface area (Å²) in [6.45, 7) is 1.11. The quantitative estimate of drug-likeness (QED) is 0.744. The van der Waals surface area contributed by atoms with Gasteiger partial charge in [0.25, 0.3) is 0 Å². The minimum absolute atomic E-state index is 0.447. The van der Waals surface area contributed by atoms with E-state index in [9.17, 15) is 0 Å². The van der Waals surface area contributed by atoms with Crippen LogP contribution in [0.25, 0.3) is 21.6 Å². The van der Waals surface area contributed by atoms with Crippen molar-refractivity contribution in [2.45, 2.75) is 18.9 Å². The number of hydrogen-bond acceptors (Lipinski definition) is 3. The maximum absolute atomic E-state index is 4.67. The number of rotatable bonds is 3. The third kappa shape index (κ3) is 2.58. The molecule has 1 fully saturated rings. The van der Waals surface area contributed by atoms with Crippen LogP contribution in [0.2, 0.25) is 0 Å². The van der Waals surface area contributed by atoms with Crippen LogP contribution in [0.1, 0.15) is 23.9 Å². The molecule has 3 heteroatoms. The van der Waals surface area contributed by atoms with E-state index in [2.05, 4.69) is 64.9 Å². The summed E-state index contributed by atoms with van der Waals surface area (Å²) in [4.78, 5) is 5.92. The third-order valence-corrected chi connectivity index (χ3v) is 5.30. The Hall–Kier alpha value is -1.97. The molecule has 1 N–H and O–H groups in total. The molecular formula is C19H18N2S. The van der Waals surface area contributed by atoms with E-state index in [1.54, 1.807) is 0 Å². The highest BCUT2D eigenvalue weighted by Gasteiger charge is 2.20. The second-order valence-corrected chi connectivity index (χ2v) is 6.69. The Morgan fingerprint density at radius 1 is 0.955 bits per heavy atom. The van der Waals surface area contributed by atoms with E-state index in [1.807, 2.05) is 17.5 Å². The first kappa shape index (κ1) is 13.7. The zero-order valence-electron chi connectivity index (χ0n) is 12.3. The summed E-state index contributed by atoms with van der Waals surface area (Å²) in [7, 11) is 0. The van der Waals surface area contributed by atoms with Crippen molar-refractivity contribution in [3.05, 3.63) is 65.8 Å². The maximum atomic E-state index is 4.67. The van der Waals surface area contributed by atoms with Crippen LogP contribution < -0.4 is 5.32 Å². The molecule has 0 aliphatic carbocycles. The lowest BCUT2D eigenvalue weighted by molar-refractivity contribution is 0.643. The van der Waals surface area contributed by atoms with Crippen LogP contribution in [0.5, 0.6) is 0 Å². The van der Waals surface area contributed by atoms with Gasteiger partial charge in [-0.15, -0.1) is 11.3 Å². The predicted octanol–water partition coefficient (Wildman–Crippen LogP) is 4.90. The fourth-order valence-corrected chi connectivity index (χ4v) is 4.10. The second-order valence-electron chi connectivity index (χ2n) is 5.62. The lowest BCUT2D eigenvalue weighted by Gasteiger charge is -2.08. The number of thiazole rings is 1. The van der Waals surface area contributed by atoms with E-state index in [-0.39, 0.29) is 0 Å². The largest absolute Gasteiger partial charge is 0.308 e. The summed E-state index contributed by atoms with van der Waals surface area (Å²) in [6.07, 6.45) is 4.48. The van der Waals surface area contributed by atoms with E-state index in [4.69, 9.17) is 0 Å². The summed E-state index contributed by atoms with van der Waals surface area (Å²) in [5.41, 5.74) is 3.81. The predicted molar refractivity (Wildman–Crippen MR) is 93.0 cm³/mol. The molecule has 22 heavy (non-hydrogen) atoms. The monoisotopic (exact) mass is 306 g/mol. The molecule has 2 heterocycles. The van der Waals surface area contributed by atoms with Crippen LogP contribution in [-0.2, 0) is 0 Å². The second kappa shape index (κ2) is 6.03. The van der Waals surface area contributed by atoms with Crippen molar-refractivity contribution in [1.82, 2.24) is 10.3 Å². The van der Waals surface area contributed by atoms with Gasteiger partial charge in [0.05, 0.1) is 10.9 Å². The molecule has 1 aromatic heterocycles. The first-order chi connectivity index (χ1) is 10.9. The summed E-state index contributed by atoms with van der Waals surface area (Å²) in [5, 5.41) is 4.75. The minimum Gasteiger partial charge on any atom is -0.308 e. The molecule has 1 aliphatic rings. The van der Waals surface area contributed by atoms with Gasteiger partial charge in [-0.2, -0.15) is 0 Å². The molecule has 1 unspecified atom stereocenters. The van der Waals surface area contributed by atoms with Crippen LogP contribution in [0, 0.1) is 0 Å². The van der Waals surface area contributed by atoms with Crippen LogP contribution in [0.4, 0.5) is 0 Å². The molecule has 4 rings (SSSR count). The number of benzene rings is 2. The van der Waals surface area contributed by atoms with Gasteiger partial charge in [0.15, 0.2) is 0 Å². The zero-order valence-corrected chi connectivity index (χ0v) is 13.1. The van der Waals surface area contributed by atoms with Crippen LogP contribution in [0.3, 0.4) is 0 Å². The Labute approximate surface area is 134 Å². The molecule has 110 valence electrons. The number of hydrogen-bond donors (Lipinski definition) is 1. The maximum Gasteiger partial charge on any atom is 0.110 e. The molecule has 0 bridgehead atoms. The number of nitrogens with zero attached hydrogens (tertiary/aromatic N) is 1. The van der Waals surface area contributed by atoms with Crippen molar-refractivity contribution in [1.29, 1.82) is 0 Å². The van der Waals surface area contributed by atoms with E-state index in [1.165, 1.54) is 39.4 Å². The number of aromatic nitrogens is 1. The number of nitrogens with one attached hydrogen (secondary N) is 1. The van der Waals surface area contributed by atoms with Gasteiger partial charge in [-0.3, -0.25) is 0 Å². The van der Waals surface area contributed by atoms with Gasteiger partial charge < -0.3 is 5.32 Å². The Morgan fingerprint density at radius 2 is 1.73 bits per heavy atom. The molecule has 1 saturated heterocycles. The molecule has 2 aromatic carbocycles. The Kier molecular flexibility index (Phi) is 3.75. The molecule has 0 amide bonds. The Balaban J connectivity index is 1.74. The summed E-state index contributed by atoms with van der Waals surface area (Å²) in [5.74, 6) is 0. The van der Waals surface area contributed by atoms with Gasteiger partial charge >= 0.3 is 0 Å². The van der Waals surface area contributed by atoms with E-state index in [0.29, 0.717) is 6.04 Å². The smallest absolute Gasteiger partial charge is 0.110 e.